The van der Waals surface area contributed by atoms with E-state index in [-0.39, 0.29) is 24.3 Å². The van der Waals surface area contributed by atoms with Crippen LogP contribution in [-0.2, 0) is 16.1 Å². The largest absolute Gasteiger partial charge is 0.340 e. The topological polar surface area (TPSA) is 69.7 Å². The van der Waals surface area contributed by atoms with Crippen LogP contribution in [0.25, 0.3) is 0 Å². The molecule has 6 nitrogen and oxygen atoms in total. The summed E-state index contributed by atoms with van der Waals surface area (Å²) in [5, 5.41) is 2.89. The molecule has 0 bridgehead atoms. The standard InChI is InChI=1S/C20H27N3O3/c1-14-8-4-5-10-16(14)12-22(3)17(24)13-23-18(25)20(21-19(23)26)11-7-6-9-15(20)2/h4-5,8,10,15H,6-7,9,11-13H2,1-3H3,(H,21,26)/t15-,20-/m0/s1. The van der Waals surface area contributed by atoms with Crippen molar-refractivity contribution in [1.82, 2.24) is 15.1 Å². The highest BCUT2D eigenvalue weighted by Gasteiger charge is 2.55. The minimum atomic E-state index is -0.815. The first kappa shape index (κ1) is 18.4. The number of hydrogen-bond donors (Lipinski definition) is 1. The van der Waals surface area contributed by atoms with Gasteiger partial charge < -0.3 is 10.2 Å². The van der Waals surface area contributed by atoms with Gasteiger partial charge in [0.15, 0.2) is 0 Å². The molecular formula is C20H27N3O3. The molecule has 2 aliphatic rings. The van der Waals surface area contributed by atoms with E-state index < -0.39 is 11.6 Å². The third kappa shape index (κ3) is 3.20. The zero-order valence-corrected chi connectivity index (χ0v) is 15.7. The van der Waals surface area contributed by atoms with E-state index in [0.717, 1.165) is 35.3 Å². The van der Waals surface area contributed by atoms with Crippen molar-refractivity contribution < 1.29 is 14.4 Å². The first-order valence-corrected chi connectivity index (χ1v) is 9.28. The van der Waals surface area contributed by atoms with Crippen molar-refractivity contribution in [2.45, 2.75) is 51.6 Å². The lowest BCUT2D eigenvalue weighted by Crippen LogP contribution is -2.54. The first-order chi connectivity index (χ1) is 12.3. The Bertz CT molecular complexity index is 733. The summed E-state index contributed by atoms with van der Waals surface area (Å²) in [4.78, 5) is 40.6. The normalized spacial score (nSPS) is 25.5. The van der Waals surface area contributed by atoms with Crippen LogP contribution in [0.3, 0.4) is 0 Å². The molecule has 3 rings (SSSR count). The van der Waals surface area contributed by atoms with Crippen LogP contribution in [0.2, 0.25) is 0 Å². The van der Waals surface area contributed by atoms with Gasteiger partial charge in [0.2, 0.25) is 5.91 Å². The second-order valence-electron chi connectivity index (χ2n) is 7.62. The van der Waals surface area contributed by atoms with Crippen molar-refractivity contribution in [3.05, 3.63) is 35.4 Å². The van der Waals surface area contributed by atoms with Crippen molar-refractivity contribution >= 4 is 17.8 Å². The average molecular weight is 357 g/mol. The molecule has 1 spiro atoms. The van der Waals surface area contributed by atoms with Crippen molar-refractivity contribution in [2.75, 3.05) is 13.6 Å². The third-order valence-corrected chi connectivity index (χ3v) is 5.89. The molecule has 26 heavy (non-hydrogen) atoms. The molecule has 1 aromatic rings. The van der Waals surface area contributed by atoms with E-state index in [2.05, 4.69) is 5.32 Å². The van der Waals surface area contributed by atoms with Gasteiger partial charge >= 0.3 is 6.03 Å². The van der Waals surface area contributed by atoms with Crippen LogP contribution in [0.5, 0.6) is 0 Å². The molecule has 2 fully saturated rings. The van der Waals surface area contributed by atoms with E-state index in [1.807, 2.05) is 38.1 Å². The number of carbonyl (C=O) groups excluding carboxylic acids is 3. The fraction of sp³-hybridized carbons (Fsp3) is 0.550. The zero-order chi connectivity index (χ0) is 18.9. The minimum Gasteiger partial charge on any atom is -0.340 e. The number of benzene rings is 1. The Labute approximate surface area is 154 Å². The van der Waals surface area contributed by atoms with Gasteiger partial charge in [-0.25, -0.2) is 4.79 Å². The molecule has 1 N–H and O–H groups in total. The molecule has 1 saturated carbocycles. The van der Waals surface area contributed by atoms with Crippen LogP contribution in [0, 0.1) is 12.8 Å². The fourth-order valence-electron chi connectivity index (χ4n) is 4.03. The highest BCUT2D eigenvalue weighted by atomic mass is 16.2. The lowest BCUT2D eigenvalue weighted by atomic mass is 9.73. The lowest BCUT2D eigenvalue weighted by Gasteiger charge is -2.36. The Balaban J connectivity index is 1.68. The Hall–Kier alpha value is -2.37. The number of amides is 4. The number of likely N-dealkylation sites (N-methyl/N-ethyl adjacent to an activating group) is 1. The molecule has 4 amide bonds. The van der Waals surface area contributed by atoms with E-state index in [9.17, 15) is 14.4 Å². The quantitative estimate of drug-likeness (QED) is 0.842. The number of urea groups is 1. The van der Waals surface area contributed by atoms with E-state index in [1.165, 1.54) is 0 Å². The van der Waals surface area contributed by atoms with Crippen LogP contribution in [0.4, 0.5) is 4.79 Å². The molecule has 1 aromatic carbocycles. The number of hydrogen-bond acceptors (Lipinski definition) is 3. The first-order valence-electron chi connectivity index (χ1n) is 9.28. The summed E-state index contributed by atoms with van der Waals surface area (Å²) in [5.74, 6) is -0.387. The molecule has 2 atom stereocenters. The third-order valence-electron chi connectivity index (χ3n) is 5.89. The van der Waals surface area contributed by atoms with Gasteiger partial charge in [0.05, 0.1) is 0 Å². The summed E-state index contributed by atoms with van der Waals surface area (Å²) in [7, 11) is 1.70. The predicted octanol–water partition coefficient (Wildman–Crippen LogP) is 2.45. The average Bonchev–Trinajstić information content (AvgIpc) is 2.84. The maximum absolute atomic E-state index is 12.9. The highest BCUT2D eigenvalue weighted by Crippen LogP contribution is 2.38. The number of nitrogens with one attached hydrogen (secondary N) is 1. The molecule has 1 heterocycles. The van der Waals surface area contributed by atoms with Gasteiger partial charge in [-0.2, -0.15) is 0 Å². The SMILES string of the molecule is Cc1ccccc1CN(C)C(=O)CN1C(=O)N[C@]2(CCCC[C@@H]2C)C1=O. The van der Waals surface area contributed by atoms with Crippen LogP contribution in [-0.4, -0.2) is 46.8 Å². The van der Waals surface area contributed by atoms with Crippen molar-refractivity contribution in [3.8, 4) is 0 Å². The zero-order valence-electron chi connectivity index (χ0n) is 15.7. The molecule has 0 unspecified atom stereocenters. The number of imide groups is 1. The molecule has 140 valence electrons. The van der Waals surface area contributed by atoms with Gasteiger partial charge in [-0.1, -0.05) is 44.0 Å². The van der Waals surface area contributed by atoms with Gasteiger partial charge in [0, 0.05) is 13.6 Å². The second kappa shape index (κ2) is 7.09. The smallest absolute Gasteiger partial charge is 0.325 e. The minimum absolute atomic E-state index is 0.0949. The van der Waals surface area contributed by atoms with E-state index >= 15 is 0 Å². The van der Waals surface area contributed by atoms with Gasteiger partial charge in [-0.05, 0) is 36.8 Å². The van der Waals surface area contributed by atoms with E-state index in [0.29, 0.717) is 13.0 Å². The van der Waals surface area contributed by atoms with Crippen molar-refractivity contribution in [3.63, 3.8) is 0 Å². The number of aryl methyl sites for hydroxylation is 1. The Morgan fingerprint density at radius 1 is 1.31 bits per heavy atom. The van der Waals surface area contributed by atoms with Gasteiger partial charge in [-0.15, -0.1) is 0 Å². The fourth-order valence-corrected chi connectivity index (χ4v) is 4.03. The van der Waals surface area contributed by atoms with Gasteiger partial charge in [-0.3, -0.25) is 14.5 Å². The van der Waals surface area contributed by atoms with Gasteiger partial charge in [0.1, 0.15) is 12.1 Å². The summed E-state index contributed by atoms with van der Waals surface area (Å²) in [5.41, 5.74) is 1.35. The van der Waals surface area contributed by atoms with Crippen molar-refractivity contribution in [1.29, 1.82) is 0 Å². The van der Waals surface area contributed by atoms with Crippen LogP contribution in [0.15, 0.2) is 24.3 Å². The monoisotopic (exact) mass is 357 g/mol. The van der Waals surface area contributed by atoms with E-state index in [4.69, 9.17) is 0 Å². The molecule has 6 heteroatoms. The molecule has 1 saturated heterocycles. The molecule has 1 aliphatic heterocycles. The number of carbonyl (C=O) groups is 3. The molecule has 0 aromatic heterocycles. The Morgan fingerprint density at radius 3 is 2.73 bits per heavy atom. The van der Waals surface area contributed by atoms with Crippen LogP contribution in [0.1, 0.15) is 43.7 Å². The second-order valence-corrected chi connectivity index (χ2v) is 7.62. The maximum Gasteiger partial charge on any atom is 0.325 e. The van der Waals surface area contributed by atoms with Crippen LogP contribution >= 0.6 is 0 Å². The molecule has 0 radical (unpaired) electrons. The lowest BCUT2D eigenvalue weighted by molar-refractivity contribution is -0.140. The summed E-state index contributed by atoms with van der Waals surface area (Å²) in [6.07, 6.45) is 3.57. The number of rotatable bonds is 4. The molecule has 1 aliphatic carbocycles. The summed E-state index contributed by atoms with van der Waals surface area (Å²) >= 11 is 0. The Morgan fingerprint density at radius 2 is 2.04 bits per heavy atom. The summed E-state index contributed by atoms with van der Waals surface area (Å²) < 4.78 is 0. The van der Waals surface area contributed by atoms with Crippen LogP contribution < -0.4 is 5.32 Å². The molecular weight excluding hydrogens is 330 g/mol. The van der Waals surface area contributed by atoms with Crippen molar-refractivity contribution in [2.24, 2.45) is 5.92 Å². The van der Waals surface area contributed by atoms with Gasteiger partial charge in [0.25, 0.3) is 5.91 Å². The predicted molar refractivity (Wildman–Crippen MR) is 98.3 cm³/mol. The number of nitrogens with zero attached hydrogens (tertiary/aromatic N) is 2. The summed E-state index contributed by atoms with van der Waals surface area (Å²) in [6.45, 7) is 4.25. The summed E-state index contributed by atoms with van der Waals surface area (Å²) in [6, 6.07) is 7.43. The van der Waals surface area contributed by atoms with E-state index in [1.54, 1.807) is 11.9 Å². The Kier molecular flexibility index (Phi) is 5.03. The maximum atomic E-state index is 12.9. The highest BCUT2D eigenvalue weighted by molar-refractivity contribution is 6.09.